The number of amides is 1. The summed E-state index contributed by atoms with van der Waals surface area (Å²) in [6.07, 6.45) is 0.862. The Bertz CT molecular complexity index is 451. The molecule has 0 fully saturated rings. The normalized spacial score (nSPS) is 12.3. The predicted octanol–water partition coefficient (Wildman–Crippen LogP) is 2.17. The standard InChI is InChI=1S/C12H14N2OS2/c13-11(10-4-2-8-17-10)12(15)14-6-5-9-3-1-7-16-9/h1-4,7-8,11H,5-6,13H2,(H,14,15). The van der Waals surface area contributed by atoms with Crippen molar-refractivity contribution in [1.29, 1.82) is 0 Å². The van der Waals surface area contributed by atoms with Crippen LogP contribution in [-0.4, -0.2) is 12.5 Å². The molecular formula is C12H14N2OS2. The van der Waals surface area contributed by atoms with Crippen molar-refractivity contribution in [2.24, 2.45) is 5.73 Å². The Kier molecular flexibility index (Phi) is 4.30. The van der Waals surface area contributed by atoms with Crippen molar-refractivity contribution in [3.63, 3.8) is 0 Å². The molecule has 3 nitrogen and oxygen atoms in total. The third kappa shape index (κ3) is 3.39. The van der Waals surface area contributed by atoms with Gasteiger partial charge in [-0.1, -0.05) is 12.1 Å². The van der Waals surface area contributed by atoms with E-state index in [1.54, 1.807) is 11.3 Å². The quantitative estimate of drug-likeness (QED) is 0.871. The third-order valence-corrected chi connectivity index (χ3v) is 4.27. The minimum absolute atomic E-state index is 0.107. The van der Waals surface area contributed by atoms with Crippen LogP contribution in [0, 0.1) is 0 Å². The zero-order chi connectivity index (χ0) is 12.1. The fourth-order valence-corrected chi connectivity index (χ4v) is 2.91. The molecule has 0 spiro atoms. The Morgan fingerprint density at radius 2 is 2.06 bits per heavy atom. The highest BCUT2D eigenvalue weighted by Gasteiger charge is 2.15. The van der Waals surface area contributed by atoms with Crippen molar-refractivity contribution in [3.05, 3.63) is 44.8 Å². The van der Waals surface area contributed by atoms with E-state index in [9.17, 15) is 4.79 Å². The number of thiophene rings is 2. The summed E-state index contributed by atoms with van der Waals surface area (Å²) in [7, 11) is 0. The van der Waals surface area contributed by atoms with Crippen molar-refractivity contribution in [2.75, 3.05) is 6.54 Å². The molecule has 1 amide bonds. The first-order valence-electron chi connectivity index (χ1n) is 5.36. The van der Waals surface area contributed by atoms with Crippen molar-refractivity contribution in [3.8, 4) is 0 Å². The lowest BCUT2D eigenvalue weighted by molar-refractivity contribution is -0.122. The molecule has 17 heavy (non-hydrogen) atoms. The molecule has 1 unspecified atom stereocenters. The first-order valence-corrected chi connectivity index (χ1v) is 7.12. The van der Waals surface area contributed by atoms with Gasteiger partial charge in [-0.05, 0) is 29.3 Å². The molecule has 2 heterocycles. The van der Waals surface area contributed by atoms with E-state index in [0.717, 1.165) is 11.3 Å². The molecule has 2 aromatic rings. The maximum Gasteiger partial charge on any atom is 0.242 e. The molecular weight excluding hydrogens is 252 g/mol. The molecule has 3 N–H and O–H groups in total. The SMILES string of the molecule is NC(C(=O)NCCc1cccs1)c1cccs1. The largest absolute Gasteiger partial charge is 0.354 e. The van der Waals surface area contributed by atoms with Gasteiger partial charge in [-0.15, -0.1) is 22.7 Å². The molecule has 0 aliphatic heterocycles. The maximum atomic E-state index is 11.7. The molecule has 5 heteroatoms. The van der Waals surface area contributed by atoms with Crippen LogP contribution in [0.25, 0.3) is 0 Å². The molecule has 2 aromatic heterocycles. The van der Waals surface area contributed by atoms with Gasteiger partial charge in [-0.25, -0.2) is 0 Å². The fraction of sp³-hybridized carbons (Fsp3) is 0.250. The summed E-state index contributed by atoms with van der Waals surface area (Å²) in [5.74, 6) is -0.107. The molecule has 90 valence electrons. The van der Waals surface area contributed by atoms with Crippen molar-refractivity contribution in [2.45, 2.75) is 12.5 Å². The highest BCUT2D eigenvalue weighted by Crippen LogP contribution is 2.16. The van der Waals surface area contributed by atoms with Crippen LogP contribution in [0.3, 0.4) is 0 Å². The summed E-state index contributed by atoms with van der Waals surface area (Å²) in [6.45, 7) is 0.637. The number of carbonyl (C=O) groups is 1. The second-order valence-electron chi connectivity index (χ2n) is 3.61. The Morgan fingerprint density at radius 3 is 2.71 bits per heavy atom. The monoisotopic (exact) mass is 266 g/mol. The van der Waals surface area contributed by atoms with Gasteiger partial charge in [0.1, 0.15) is 6.04 Å². The topological polar surface area (TPSA) is 55.1 Å². The van der Waals surface area contributed by atoms with E-state index in [0.29, 0.717) is 6.54 Å². The van der Waals surface area contributed by atoms with Gasteiger partial charge in [0.25, 0.3) is 0 Å². The lowest BCUT2D eigenvalue weighted by atomic mass is 10.2. The zero-order valence-electron chi connectivity index (χ0n) is 9.26. The van der Waals surface area contributed by atoms with Crippen LogP contribution >= 0.6 is 22.7 Å². The summed E-state index contributed by atoms with van der Waals surface area (Å²) in [5, 5.41) is 6.82. The second kappa shape index (κ2) is 5.95. The Morgan fingerprint density at radius 1 is 1.29 bits per heavy atom. The van der Waals surface area contributed by atoms with Crippen LogP contribution in [0.2, 0.25) is 0 Å². The molecule has 0 radical (unpaired) electrons. The van der Waals surface area contributed by atoms with Gasteiger partial charge in [0, 0.05) is 16.3 Å². The molecule has 0 saturated heterocycles. The average molecular weight is 266 g/mol. The van der Waals surface area contributed by atoms with E-state index >= 15 is 0 Å². The van der Waals surface area contributed by atoms with E-state index < -0.39 is 6.04 Å². The molecule has 1 atom stereocenters. The molecule has 0 aliphatic rings. The van der Waals surface area contributed by atoms with Gasteiger partial charge >= 0.3 is 0 Å². The van der Waals surface area contributed by atoms with Gasteiger partial charge in [0.2, 0.25) is 5.91 Å². The average Bonchev–Trinajstić information content (AvgIpc) is 3.00. The summed E-state index contributed by atoms with van der Waals surface area (Å²) >= 11 is 3.21. The van der Waals surface area contributed by atoms with Gasteiger partial charge < -0.3 is 11.1 Å². The van der Waals surface area contributed by atoms with E-state index in [2.05, 4.69) is 11.4 Å². The lowest BCUT2D eigenvalue weighted by Gasteiger charge is -2.10. The highest BCUT2D eigenvalue weighted by molar-refractivity contribution is 7.10. The van der Waals surface area contributed by atoms with Crippen molar-refractivity contribution >= 4 is 28.6 Å². The first kappa shape index (κ1) is 12.3. The predicted molar refractivity (Wildman–Crippen MR) is 72.3 cm³/mol. The smallest absolute Gasteiger partial charge is 0.242 e. The van der Waals surface area contributed by atoms with Crippen LogP contribution in [0.5, 0.6) is 0 Å². The Balaban J connectivity index is 1.77. The summed E-state index contributed by atoms with van der Waals surface area (Å²) in [6, 6.07) is 7.32. The highest BCUT2D eigenvalue weighted by atomic mass is 32.1. The van der Waals surface area contributed by atoms with E-state index in [-0.39, 0.29) is 5.91 Å². The van der Waals surface area contributed by atoms with Gasteiger partial charge in [0.15, 0.2) is 0 Å². The van der Waals surface area contributed by atoms with E-state index in [1.165, 1.54) is 16.2 Å². The number of carbonyl (C=O) groups excluding carboxylic acids is 1. The number of nitrogens with two attached hydrogens (primary N) is 1. The first-order chi connectivity index (χ1) is 8.27. The van der Waals surface area contributed by atoms with Crippen LogP contribution in [-0.2, 0) is 11.2 Å². The lowest BCUT2D eigenvalue weighted by Crippen LogP contribution is -2.34. The minimum Gasteiger partial charge on any atom is -0.354 e. The summed E-state index contributed by atoms with van der Waals surface area (Å²) < 4.78 is 0. The number of hydrogen-bond acceptors (Lipinski definition) is 4. The van der Waals surface area contributed by atoms with Crippen LogP contribution in [0.1, 0.15) is 15.8 Å². The van der Waals surface area contributed by atoms with E-state index in [1.807, 2.05) is 29.0 Å². The van der Waals surface area contributed by atoms with Gasteiger partial charge in [-0.3, -0.25) is 4.79 Å². The van der Waals surface area contributed by atoms with Crippen LogP contribution in [0.4, 0.5) is 0 Å². The third-order valence-electron chi connectivity index (χ3n) is 2.38. The van der Waals surface area contributed by atoms with Gasteiger partial charge in [-0.2, -0.15) is 0 Å². The maximum absolute atomic E-state index is 11.7. The number of nitrogens with one attached hydrogen (secondary N) is 1. The Hall–Kier alpha value is -1.17. The number of rotatable bonds is 5. The second-order valence-corrected chi connectivity index (χ2v) is 5.62. The minimum atomic E-state index is -0.543. The molecule has 0 aliphatic carbocycles. The van der Waals surface area contributed by atoms with Gasteiger partial charge in [0.05, 0.1) is 0 Å². The van der Waals surface area contributed by atoms with Crippen molar-refractivity contribution < 1.29 is 4.79 Å². The molecule has 0 saturated carbocycles. The number of hydrogen-bond donors (Lipinski definition) is 2. The zero-order valence-corrected chi connectivity index (χ0v) is 10.9. The fourth-order valence-electron chi connectivity index (χ4n) is 1.47. The van der Waals surface area contributed by atoms with Crippen LogP contribution < -0.4 is 11.1 Å². The Labute approximate surface area is 108 Å². The van der Waals surface area contributed by atoms with E-state index in [4.69, 9.17) is 5.73 Å². The molecule has 2 rings (SSSR count). The molecule has 0 bridgehead atoms. The molecule has 0 aromatic carbocycles. The van der Waals surface area contributed by atoms with Crippen molar-refractivity contribution in [1.82, 2.24) is 5.32 Å². The summed E-state index contributed by atoms with van der Waals surface area (Å²) in [5.41, 5.74) is 5.84. The van der Waals surface area contributed by atoms with Crippen LogP contribution in [0.15, 0.2) is 35.0 Å². The summed E-state index contributed by atoms with van der Waals surface area (Å²) in [4.78, 5) is 13.9.